The lowest BCUT2D eigenvalue weighted by Crippen LogP contribution is -2.43. The molecule has 0 spiro atoms. The van der Waals surface area contributed by atoms with Gasteiger partial charge in [0.2, 0.25) is 0 Å². The fourth-order valence-corrected chi connectivity index (χ4v) is 3.13. The molecule has 7 nitrogen and oxygen atoms in total. The van der Waals surface area contributed by atoms with Crippen LogP contribution in [0.25, 0.3) is 0 Å². The van der Waals surface area contributed by atoms with Crippen LogP contribution in [-0.2, 0) is 18.2 Å². The fraction of sp³-hybridized carbons (Fsp3) is 0.500. The number of hydrogen-bond acceptors (Lipinski definition) is 5. The van der Waals surface area contributed by atoms with Gasteiger partial charge >= 0.3 is 6.03 Å². The number of nitrogens with zero attached hydrogens (tertiary/aromatic N) is 3. The number of urea groups is 1. The topological polar surface area (TPSA) is 81.1 Å². The van der Waals surface area contributed by atoms with Crippen molar-refractivity contribution in [2.75, 3.05) is 13.2 Å². The van der Waals surface area contributed by atoms with Gasteiger partial charge in [0.15, 0.2) is 0 Å². The summed E-state index contributed by atoms with van der Waals surface area (Å²) in [6, 6.07) is -0.192. The fourth-order valence-electron chi connectivity index (χ4n) is 2.54. The van der Waals surface area contributed by atoms with Crippen LogP contribution in [0.3, 0.4) is 0 Å². The summed E-state index contributed by atoms with van der Waals surface area (Å²) in [6.45, 7) is 1.21. The Morgan fingerprint density at radius 2 is 2.50 bits per heavy atom. The van der Waals surface area contributed by atoms with E-state index in [1.807, 2.05) is 18.6 Å². The van der Waals surface area contributed by atoms with E-state index in [1.54, 1.807) is 27.7 Å². The van der Waals surface area contributed by atoms with Crippen LogP contribution in [0.4, 0.5) is 4.79 Å². The zero-order valence-electron chi connectivity index (χ0n) is 12.4. The van der Waals surface area contributed by atoms with E-state index in [0.717, 1.165) is 24.1 Å². The van der Waals surface area contributed by atoms with Gasteiger partial charge in [0, 0.05) is 43.8 Å². The zero-order valence-corrected chi connectivity index (χ0v) is 13.2. The van der Waals surface area contributed by atoms with Crippen molar-refractivity contribution in [1.82, 2.24) is 25.4 Å². The molecule has 2 aromatic heterocycles. The number of carbonyl (C=O) groups is 1. The molecule has 1 fully saturated rings. The SMILES string of the molecule is Cn1cc([C@H]2OCC[C@@H]2NC(=O)NCCc2cscn2)cn1. The summed E-state index contributed by atoms with van der Waals surface area (Å²) < 4.78 is 7.46. The van der Waals surface area contributed by atoms with Crippen molar-refractivity contribution in [3.63, 3.8) is 0 Å². The van der Waals surface area contributed by atoms with Crippen molar-refractivity contribution >= 4 is 17.4 Å². The Balaban J connectivity index is 1.47. The van der Waals surface area contributed by atoms with Crippen LogP contribution in [0.2, 0.25) is 0 Å². The van der Waals surface area contributed by atoms with Gasteiger partial charge in [0.1, 0.15) is 6.10 Å². The predicted molar refractivity (Wildman–Crippen MR) is 82.7 cm³/mol. The number of rotatable bonds is 5. The van der Waals surface area contributed by atoms with E-state index < -0.39 is 0 Å². The van der Waals surface area contributed by atoms with E-state index in [2.05, 4.69) is 20.7 Å². The van der Waals surface area contributed by atoms with Crippen molar-refractivity contribution in [2.24, 2.45) is 7.05 Å². The average Bonchev–Trinajstić information content (AvgIpc) is 3.20. The summed E-state index contributed by atoms with van der Waals surface area (Å²) in [6.07, 6.45) is 5.12. The molecule has 0 aromatic carbocycles. The number of ether oxygens (including phenoxy) is 1. The minimum Gasteiger partial charge on any atom is -0.371 e. The van der Waals surface area contributed by atoms with Crippen LogP contribution in [0.5, 0.6) is 0 Å². The first kappa shape index (κ1) is 15.0. The van der Waals surface area contributed by atoms with Crippen molar-refractivity contribution < 1.29 is 9.53 Å². The maximum atomic E-state index is 12.0. The van der Waals surface area contributed by atoms with Gasteiger partial charge in [-0.15, -0.1) is 11.3 Å². The Kier molecular flexibility index (Phi) is 4.69. The molecule has 22 heavy (non-hydrogen) atoms. The molecule has 2 amide bonds. The van der Waals surface area contributed by atoms with Gasteiger partial charge in [-0.25, -0.2) is 9.78 Å². The Labute approximate surface area is 132 Å². The Morgan fingerprint density at radius 3 is 3.23 bits per heavy atom. The molecule has 3 rings (SSSR count). The van der Waals surface area contributed by atoms with Crippen LogP contribution < -0.4 is 10.6 Å². The highest BCUT2D eigenvalue weighted by Gasteiger charge is 2.31. The summed E-state index contributed by atoms with van der Waals surface area (Å²) in [4.78, 5) is 16.2. The molecular formula is C14H19N5O2S. The van der Waals surface area contributed by atoms with Gasteiger partial charge in [0.25, 0.3) is 0 Å². The van der Waals surface area contributed by atoms with Crippen LogP contribution >= 0.6 is 11.3 Å². The monoisotopic (exact) mass is 321 g/mol. The third-order valence-corrected chi connectivity index (χ3v) is 4.25. The molecule has 2 N–H and O–H groups in total. The zero-order chi connectivity index (χ0) is 15.4. The minimum atomic E-state index is -0.167. The van der Waals surface area contributed by atoms with E-state index in [-0.39, 0.29) is 18.2 Å². The molecule has 8 heteroatoms. The van der Waals surface area contributed by atoms with E-state index in [9.17, 15) is 4.79 Å². The van der Waals surface area contributed by atoms with Crippen molar-refractivity contribution in [3.05, 3.63) is 34.5 Å². The van der Waals surface area contributed by atoms with Gasteiger partial charge in [-0.1, -0.05) is 0 Å². The molecule has 0 bridgehead atoms. The van der Waals surface area contributed by atoms with Gasteiger partial charge in [0.05, 0.1) is 23.4 Å². The second-order valence-corrected chi connectivity index (χ2v) is 5.98. The van der Waals surface area contributed by atoms with E-state index in [4.69, 9.17) is 4.74 Å². The third kappa shape index (κ3) is 3.63. The molecule has 0 radical (unpaired) electrons. The maximum absolute atomic E-state index is 12.0. The summed E-state index contributed by atoms with van der Waals surface area (Å²) in [5.41, 5.74) is 3.79. The van der Waals surface area contributed by atoms with Crippen LogP contribution in [0.15, 0.2) is 23.3 Å². The third-order valence-electron chi connectivity index (χ3n) is 3.61. The molecule has 0 saturated carbocycles. The number of aryl methyl sites for hydroxylation is 1. The van der Waals surface area contributed by atoms with Crippen LogP contribution in [0, 0.1) is 0 Å². The molecule has 3 heterocycles. The van der Waals surface area contributed by atoms with Crippen molar-refractivity contribution in [2.45, 2.75) is 25.0 Å². The van der Waals surface area contributed by atoms with Gasteiger partial charge in [-0.05, 0) is 6.42 Å². The molecule has 118 valence electrons. The van der Waals surface area contributed by atoms with Gasteiger partial charge in [-0.3, -0.25) is 4.68 Å². The molecule has 2 atom stereocenters. The number of carbonyl (C=O) groups excluding carboxylic acids is 1. The first-order valence-corrected chi connectivity index (χ1v) is 8.18. The minimum absolute atomic E-state index is 0.0246. The highest BCUT2D eigenvalue weighted by molar-refractivity contribution is 7.07. The summed E-state index contributed by atoms with van der Waals surface area (Å²) in [7, 11) is 1.87. The number of nitrogens with one attached hydrogen (secondary N) is 2. The largest absolute Gasteiger partial charge is 0.371 e. The lowest BCUT2D eigenvalue weighted by molar-refractivity contribution is 0.0999. The highest BCUT2D eigenvalue weighted by Crippen LogP contribution is 2.28. The first-order chi connectivity index (χ1) is 10.7. The predicted octanol–water partition coefficient (Wildman–Crippen LogP) is 1.25. The molecule has 1 aliphatic rings. The molecule has 1 saturated heterocycles. The Bertz CT molecular complexity index is 613. The molecule has 2 aromatic rings. The lowest BCUT2D eigenvalue weighted by atomic mass is 10.1. The van der Waals surface area contributed by atoms with Gasteiger partial charge < -0.3 is 15.4 Å². The summed E-state index contributed by atoms with van der Waals surface area (Å²) in [5.74, 6) is 0. The molecule has 0 aliphatic carbocycles. The first-order valence-electron chi connectivity index (χ1n) is 7.24. The highest BCUT2D eigenvalue weighted by atomic mass is 32.1. The lowest BCUT2D eigenvalue weighted by Gasteiger charge is -2.19. The number of amides is 2. The van der Waals surface area contributed by atoms with Gasteiger partial charge in [-0.2, -0.15) is 5.10 Å². The van der Waals surface area contributed by atoms with E-state index >= 15 is 0 Å². The number of hydrogen-bond donors (Lipinski definition) is 2. The van der Waals surface area contributed by atoms with Crippen molar-refractivity contribution in [3.8, 4) is 0 Å². The number of aromatic nitrogens is 3. The second-order valence-electron chi connectivity index (χ2n) is 5.26. The Hall–Kier alpha value is -1.93. The van der Waals surface area contributed by atoms with E-state index in [0.29, 0.717) is 13.2 Å². The second kappa shape index (κ2) is 6.89. The van der Waals surface area contributed by atoms with Crippen molar-refractivity contribution in [1.29, 1.82) is 0 Å². The number of thiazole rings is 1. The molecular weight excluding hydrogens is 302 g/mol. The molecule has 1 aliphatic heterocycles. The van der Waals surface area contributed by atoms with Crippen LogP contribution in [-0.4, -0.2) is 40.0 Å². The summed E-state index contributed by atoms with van der Waals surface area (Å²) >= 11 is 1.56. The normalized spacial score (nSPS) is 21.0. The molecule has 0 unspecified atom stereocenters. The smallest absolute Gasteiger partial charge is 0.315 e. The van der Waals surface area contributed by atoms with E-state index in [1.165, 1.54) is 0 Å². The summed E-state index contributed by atoms with van der Waals surface area (Å²) in [5, 5.41) is 12.0. The Morgan fingerprint density at radius 1 is 1.59 bits per heavy atom. The van der Waals surface area contributed by atoms with Crippen LogP contribution in [0.1, 0.15) is 23.8 Å². The maximum Gasteiger partial charge on any atom is 0.315 e. The quantitative estimate of drug-likeness (QED) is 0.868. The average molecular weight is 321 g/mol. The standard InChI is InChI=1S/C14H19N5O2S/c1-19-7-10(6-17-19)13-12(3-5-21-13)18-14(20)15-4-2-11-8-22-9-16-11/h6-9,12-13H,2-5H2,1H3,(H2,15,18,20)/t12-,13+/m0/s1.